The van der Waals surface area contributed by atoms with E-state index in [1.807, 2.05) is 0 Å². The minimum Gasteiger partial charge on any atom is -0.447 e. The second-order valence-corrected chi connectivity index (χ2v) is 7.51. The Kier molecular flexibility index (Phi) is 5.46. The summed E-state index contributed by atoms with van der Waals surface area (Å²) in [5, 5.41) is 4.22. The van der Waals surface area contributed by atoms with Crippen molar-refractivity contribution in [1.29, 1.82) is 0 Å². The topological polar surface area (TPSA) is 66.3 Å². The van der Waals surface area contributed by atoms with Crippen LogP contribution in [0.25, 0.3) is 11.0 Å². The van der Waals surface area contributed by atoms with Gasteiger partial charge in [-0.15, -0.1) is 0 Å². The van der Waals surface area contributed by atoms with E-state index in [4.69, 9.17) is 16.6 Å². The number of carbonyl (C=O) groups is 1. The molecular formula is C19H24FN3O2S. The molecule has 0 spiro atoms. The van der Waals surface area contributed by atoms with Crippen molar-refractivity contribution in [3.8, 4) is 0 Å². The molecule has 1 aliphatic rings. The number of nitrogens with one attached hydrogen (secondary N) is 3. The number of para-hydroxylation sites is 1. The monoisotopic (exact) mass is 377 g/mol. The van der Waals surface area contributed by atoms with Crippen molar-refractivity contribution in [2.45, 2.75) is 46.1 Å². The first kappa shape index (κ1) is 18.6. The molecule has 1 aromatic carbocycles. The quantitative estimate of drug-likeness (QED) is 0.549. The highest BCUT2D eigenvalue weighted by atomic mass is 32.1. The zero-order valence-electron chi connectivity index (χ0n) is 15.2. The van der Waals surface area contributed by atoms with Gasteiger partial charge in [0.2, 0.25) is 0 Å². The number of halogens is 1. The van der Waals surface area contributed by atoms with Gasteiger partial charge in [-0.05, 0) is 43.5 Å². The van der Waals surface area contributed by atoms with Crippen LogP contribution in [-0.4, -0.2) is 17.1 Å². The summed E-state index contributed by atoms with van der Waals surface area (Å²) >= 11 is 5.29. The third-order valence-electron chi connectivity index (χ3n) is 5.43. The Labute approximate surface area is 157 Å². The molecule has 7 heteroatoms. The average Bonchev–Trinajstić information content (AvgIpc) is 2.95. The lowest BCUT2D eigenvalue weighted by Crippen LogP contribution is -2.52. The maximum atomic E-state index is 13.8. The number of hydrogen-bond donors (Lipinski definition) is 3. The molecule has 1 amide bonds. The van der Waals surface area contributed by atoms with Gasteiger partial charge in [0, 0.05) is 17.0 Å². The summed E-state index contributed by atoms with van der Waals surface area (Å²) in [5.74, 6) is 0.245. The molecule has 0 bridgehead atoms. The number of amides is 1. The Morgan fingerprint density at radius 3 is 2.77 bits per heavy atom. The summed E-state index contributed by atoms with van der Waals surface area (Å²) < 4.78 is 19.2. The van der Waals surface area contributed by atoms with Crippen LogP contribution in [0, 0.1) is 24.6 Å². The molecule has 1 heterocycles. The van der Waals surface area contributed by atoms with Gasteiger partial charge < -0.3 is 9.73 Å². The van der Waals surface area contributed by atoms with Crippen LogP contribution in [0.5, 0.6) is 0 Å². The highest BCUT2D eigenvalue weighted by molar-refractivity contribution is 7.80. The van der Waals surface area contributed by atoms with Gasteiger partial charge in [0.25, 0.3) is 0 Å². The number of rotatable bonds is 2. The summed E-state index contributed by atoms with van der Waals surface area (Å²) in [4.78, 5) is 12.4. The lowest BCUT2D eigenvalue weighted by Gasteiger charge is -2.35. The molecule has 0 radical (unpaired) electrons. The van der Waals surface area contributed by atoms with Crippen molar-refractivity contribution in [2.75, 3.05) is 0 Å². The molecule has 1 aromatic heterocycles. The first-order valence-electron chi connectivity index (χ1n) is 8.93. The maximum Gasteiger partial charge on any atom is 0.305 e. The molecule has 0 aliphatic heterocycles. The third kappa shape index (κ3) is 3.67. The fraction of sp³-hybridized carbons (Fsp3) is 0.474. The van der Waals surface area contributed by atoms with Crippen molar-refractivity contribution in [3.05, 3.63) is 35.3 Å². The number of hydrogen-bond acceptors (Lipinski definition) is 3. The van der Waals surface area contributed by atoms with Crippen molar-refractivity contribution in [2.24, 2.45) is 11.8 Å². The molecular weight excluding hydrogens is 353 g/mol. The number of hydrazine groups is 1. The second kappa shape index (κ2) is 7.61. The smallest absolute Gasteiger partial charge is 0.305 e. The number of furan rings is 1. The van der Waals surface area contributed by atoms with E-state index in [0.717, 1.165) is 6.42 Å². The molecule has 0 saturated heterocycles. The minimum absolute atomic E-state index is 0.0695. The van der Waals surface area contributed by atoms with Crippen LogP contribution in [0.4, 0.5) is 4.39 Å². The summed E-state index contributed by atoms with van der Waals surface area (Å²) in [5.41, 5.74) is 5.92. The first-order chi connectivity index (χ1) is 12.4. The van der Waals surface area contributed by atoms with Gasteiger partial charge in [0.15, 0.2) is 22.3 Å². The Bertz CT molecular complexity index is 836. The van der Waals surface area contributed by atoms with E-state index in [-0.39, 0.29) is 17.4 Å². The van der Waals surface area contributed by atoms with Crippen molar-refractivity contribution in [3.63, 3.8) is 0 Å². The van der Waals surface area contributed by atoms with E-state index >= 15 is 0 Å². The second-order valence-electron chi connectivity index (χ2n) is 7.10. The van der Waals surface area contributed by atoms with E-state index in [0.29, 0.717) is 27.9 Å². The maximum absolute atomic E-state index is 13.8. The summed E-state index contributed by atoms with van der Waals surface area (Å²) in [6, 6.07) is 4.90. The Balaban J connectivity index is 1.61. The van der Waals surface area contributed by atoms with Gasteiger partial charge >= 0.3 is 5.91 Å². The van der Waals surface area contributed by atoms with Gasteiger partial charge in [-0.25, -0.2) is 4.39 Å². The van der Waals surface area contributed by atoms with Gasteiger partial charge in [-0.2, -0.15) is 0 Å². The predicted molar refractivity (Wildman–Crippen MR) is 103 cm³/mol. The Hall–Kier alpha value is -2.15. The van der Waals surface area contributed by atoms with E-state index in [9.17, 15) is 9.18 Å². The third-order valence-corrected chi connectivity index (χ3v) is 5.65. The molecule has 5 nitrogen and oxygen atoms in total. The van der Waals surface area contributed by atoms with Crippen molar-refractivity contribution >= 4 is 34.2 Å². The molecule has 2 aromatic rings. The van der Waals surface area contributed by atoms with Crippen LogP contribution in [0.15, 0.2) is 22.6 Å². The van der Waals surface area contributed by atoms with Crippen molar-refractivity contribution < 1.29 is 13.6 Å². The fourth-order valence-corrected chi connectivity index (χ4v) is 3.79. The molecule has 140 valence electrons. The van der Waals surface area contributed by atoms with Crippen LogP contribution in [0.2, 0.25) is 0 Å². The van der Waals surface area contributed by atoms with Crippen LogP contribution < -0.4 is 16.2 Å². The van der Waals surface area contributed by atoms with Gasteiger partial charge in [-0.3, -0.25) is 15.6 Å². The number of aryl methyl sites for hydroxylation is 1. The zero-order chi connectivity index (χ0) is 18.8. The van der Waals surface area contributed by atoms with Gasteiger partial charge in [0.05, 0.1) is 0 Å². The lowest BCUT2D eigenvalue weighted by atomic mass is 9.78. The zero-order valence-corrected chi connectivity index (χ0v) is 16.0. The molecule has 1 fully saturated rings. The van der Waals surface area contributed by atoms with Crippen LogP contribution in [-0.2, 0) is 0 Å². The summed E-state index contributed by atoms with van der Waals surface area (Å²) in [6.45, 7) is 6.19. The summed E-state index contributed by atoms with van der Waals surface area (Å²) in [7, 11) is 0. The van der Waals surface area contributed by atoms with E-state index in [2.05, 4.69) is 30.0 Å². The molecule has 3 N–H and O–H groups in total. The predicted octanol–water partition coefficient (Wildman–Crippen LogP) is 3.81. The van der Waals surface area contributed by atoms with Gasteiger partial charge in [0.1, 0.15) is 0 Å². The van der Waals surface area contributed by atoms with E-state index in [1.165, 1.54) is 18.9 Å². The molecule has 26 heavy (non-hydrogen) atoms. The number of thiocarbonyl (C=S) groups is 1. The lowest BCUT2D eigenvalue weighted by molar-refractivity contribution is 0.0916. The average molecular weight is 377 g/mol. The van der Waals surface area contributed by atoms with Crippen molar-refractivity contribution in [1.82, 2.24) is 16.2 Å². The Morgan fingerprint density at radius 1 is 1.27 bits per heavy atom. The fourth-order valence-electron chi connectivity index (χ4n) is 3.59. The number of fused-ring (bicyclic) bond motifs is 1. The molecule has 3 rings (SSSR count). The molecule has 3 atom stereocenters. The SMILES string of the molecule is Cc1c(C(=O)NNC(=S)N[C@H]2CCC[C@@H](C)[C@@H]2C)oc2c(F)cccc12. The number of benzene rings is 1. The highest BCUT2D eigenvalue weighted by Crippen LogP contribution is 2.29. The molecule has 0 unspecified atom stereocenters. The highest BCUT2D eigenvalue weighted by Gasteiger charge is 2.27. The van der Waals surface area contributed by atoms with Crippen LogP contribution in [0.3, 0.4) is 0 Å². The largest absolute Gasteiger partial charge is 0.447 e. The minimum atomic E-state index is -0.493. The normalized spacial score (nSPS) is 22.8. The van der Waals surface area contributed by atoms with Crippen LogP contribution >= 0.6 is 12.2 Å². The van der Waals surface area contributed by atoms with Crippen LogP contribution in [0.1, 0.15) is 49.2 Å². The summed E-state index contributed by atoms with van der Waals surface area (Å²) in [6.07, 6.45) is 3.46. The standard InChI is InChI=1S/C19H24FN3O2S/c1-10-6-4-9-15(11(10)2)21-19(26)23-22-18(24)16-12(3)13-7-5-8-14(20)17(13)25-16/h5,7-8,10-11,15H,4,6,9H2,1-3H3,(H,22,24)(H2,21,23,26)/t10-,11+,15+/m1/s1. The first-order valence-corrected chi connectivity index (χ1v) is 9.33. The molecule has 1 saturated carbocycles. The van der Waals surface area contributed by atoms with E-state index < -0.39 is 11.7 Å². The molecule has 1 aliphatic carbocycles. The van der Waals surface area contributed by atoms with Gasteiger partial charge in [-0.1, -0.05) is 38.8 Å². The Morgan fingerprint density at radius 2 is 2.04 bits per heavy atom. The number of carbonyl (C=O) groups excluding carboxylic acids is 1. The van der Waals surface area contributed by atoms with E-state index in [1.54, 1.807) is 19.1 Å².